The van der Waals surface area contributed by atoms with Crippen LogP contribution in [-0.2, 0) is 6.42 Å². The van der Waals surface area contributed by atoms with Gasteiger partial charge in [0.2, 0.25) is 0 Å². The Kier molecular flexibility index (Phi) is 2.87. The van der Waals surface area contributed by atoms with E-state index in [1.165, 1.54) is 6.33 Å². The summed E-state index contributed by atoms with van der Waals surface area (Å²) < 4.78 is 1.76. The van der Waals surface area contributed by atoms with Crippen LogP contribution in [0, 0.1) is 12.8 Å². The third-order valence-corrected chi connectivity index (χ3v) is 2.75. The molecule has 0 aromatic carbocycles. The fraction of sp³-hybridized carbons (Fsp3) is 0.545. The fourth-order valence-corrected chi connectivity index (χ4v) is 1.63. The monoisotopic (exact) mass is 219 g/mol. The summed E-state index contributed by atoms with van der Waals surface area (Å²) in [7, 11) is 0. The molecule has 2 rings (SSSR count). The number of rotatable bonds is 3. The first-order valence-electron chi connectivity index (χ1n) is 5.49. The van der Waals surface area contributed by atoms with E-state index in [4.69, 9.17) is 5.73 Å². The number of nitrogens with zero attached hydrogens (tertiary/aromatic N) is 4. The number of nitrogens with two attached hydrogens (primary N) is 1. The Morgan fingerprint density at radius 3 is 2.88 bits per heavy atom. The van der Waals surface area contributed by atoms with Crippen LogP contribution in [0.4, 0.5) is 0 Å². The first kappa shape index (κ1) is 11.0. The molecule has 0 aliphatic rings. The standard InChI is InChI=1S/C11H17N5/c1-7(2)10(12)5-9-4-8(3)15-11-13-6-14-16(9)11/h4,6-7,10H,5,12H2,1-3H3. The van der Waals surface area contributed by atoms with Crippen LogP contribution in [0.3, 0.4) is 0 Å². The molecule has 1 unspecified atom stereocenters. The van der Waals surface area contributed by atoms with Crippen molar-refractivity contribution in [2.24, 2.45) is 11.7 Å². The van der Waals surface area contributed by atoms with E-state index in [0.717, 1.165) is 17.8 Å². The van der Waals surface area contributed by atoms with E-state index in [1.807, 2.05) is 13.0 Å². The molecule has 0 bridgehead atoms. The molecule has 0 saturated heterocycles. The van der Waals surface area contributed by atoms with E-state index >= 15 is 0 Å². The first-order chi connectivity index (χ1) is 7.58. The third kappa shape index (κ3) is 2.04. The topological polar surface area (TPSA) is 69.1 Å². The maximum atomic E-state index is 6.08. The minimum atomic E-state index is 0.134. The summed E-state index contributed by atoms with van der Waals surface area (Å²) in [4.78, 5) is 8.39. The lowest BCUT2D eigenvalue weighted by molar-refractivity contribution is 0.482. The van der Waals surface area contributed by atoms with Gasteiger partial charge in [0.15, 0.2) is 0 Å². The highest BCUT2D eigenvalue weighted by Crippen LogP contribution is 2.10. The van der Waals surface area contributed by atoms with Gasteiger partial charge in [-0.15, -0.1) is 0 Å². The number of hydrogen-bond acceptors (Lipinski definition) is 4. The molecule has 5 nitrogen and oxygen atoms in total. The second-order valence-corrected chi connectivity index (χ2v) is 4.47. The number of aromatic nitrogens is 4. The molecule has 0 aliphatic heterocycles. The SMILES string of the molecule is Cc1cc(CC(N)C(C)C)n2ncnc2n1. The van der Waals surface area contributed by atoms with Gasteiger partial charge in [-0.2, -0.15) is 10.1 Å². The lowest BCUT2D eigenvalue weighted by Gasteiger charge is -2.15. The van der Waals surface area contributed by atoms with Crippen LogP contribution < -0.4 is 5.73 Å². The zero-order chi connectivity index (χ0) is 11.7. The van der Waals surface area contributed by atoms with Crippen molar-refractivity contribution in [1.29, 1.82) is 0 Å². The van der Waals surface area contributed by atoms with Crippen LogP contribution in [0.1, 0.15) is 25.2 Å². The minimum absolute atomic E-state index is 0.134. The van der Waals surface area contributed by atoms with Gasteiger partial charge in [-0.05, 0) is 18.9 Å². The molecule has 2 aromatic heterocycles. The summed E-state index contributed by atoms with van der Waals surface area (Å²) in [6.07, 6.45) is 2.31. The lowest BCUT2D eigenvalue weighted by Crippen LogP contribution is -2.29. The van der Waals surface area contributed by atoms with E-state index in [9.17, 15) is 0 Å². The molecule has 1 atom stereocenters. The van der Waals surface area contributed by atoms with Crippen molar-refractivity contribution in [2.75, 3.05) is 0 Å². The second kappa shape index (κ2) is 4.17. The number of aryl methyl sites for hydroxylation is 1. The molecule has 2 heterocycles. The highest BCUT2D eigenvalue weighted by molar-refractivity contribution is 5.30. The zero-order valence-corrected chi connectivity index (χ0v) is 9.88. The summed E-state index contributed by atoms with van der Waals surface area (Å²) in [6, 6.07) is 2.15. The van der Waals surface area contributed by atoms with Gasteiger partial charge in [-0.1, -0.05) is 13.8 Å². The number of hydrogen-bond donors (Lipinski definition) is 1. The highest BCUT2D eigenvalue weighted by Gasteiger charge is 2.12. The number of fused-ring (bicyclic) bond motifs is 1. The molecule has 0 aliphatic carbocycles. The molecular weight excluding hydrogens is 202 g/mol. The van der Waals surface area contributed by atoms with Gasteiger partial charge in [0.05, 0.1) is 0 Å². The van der Waals surface area contributed by atoms with Crippen molar-refractivity contribution in [3.63, 3.8) is 0 Å². The Balaban J connectivity index is 2.39. The Bertz CT molecular complexity index is 488. The van der Waals surface area contributed by atoms with Crippen LogP contribution in [-0.4, -0.2) is 25.6 Å². The summed E-state index contributed by atoms with van der Waals surface area (Å²) in [5.74, 6) is 1.10. The molecular formula is C11H17N5. The molecule has 0 fully saturated rings. The molecule has 16 heavy (non-hydrogen) atoms. The van der Waals surface area contributed by atoms with E-state index in [0.29, 0.717) is 11.7 Å². The van der Waals surface area contributed by atoms with E-state index < -0.39 is 0 Å². The van der Waals surface area contributed by atoms with Gasteiger partial charge in [-0.25, -0.2) is 9.50 Å². The van der Waals surface area contributed by atoms with Gasteiger partial charge in [0.25, 0.3) is 5.78 Å². The molecule has 0 radical (unpaired) electrons. The van der Waals surface area contributed by atoms with Gasteiger partial charge in [0, 0.05) is 23.9 Å². The van der Waals surface area contributed by atoms with E-state index in [-0.39, 0.29) is 6.04 Å². The lowest BCUT2D eigenvalue weighted by atomic mass is 10.00. The Labute approximate surface area is 94.7 Å². The highest BCUT2D eigenvalue weighted by atomic mass is 15.3. The van der Waals surface area contributed by atoms with Crippen molar-refractivity contribution in [1.82, 2.24) is 19.6 Å². The van der Waals surface area contributed by atoms with Crippen molar-refractivity contribution >= 4 is 5.78 Å². The molecule has 2 aromatic rings. The molecule has 5 heteroatoms. The average molecular weight is 219 g/mol. The quantitative estimate of drug-likeness (QED) is 0.834. The second-order valence-electron chi connectivity index (χ2n) is 4.47. The third-order valence-electron chi connectivity index (χ3n) is 2.75. The summed E-state index contributed by atoms with van der Waals surface area (Å²) in [5, 5.41) is 4.16. The van der Waals surface area contributed by atoms with Crippen LogP contribution in [0.15, 0.2) is 12.4 Å². The van der Waals surface area contributed by atoms with Crippen molar-refractivity contribution in [3.05, 3.63) is 23.8 Å². The van der Waals surface area contributed by atoms with Crippen LogP contribution in [0.2, 0.25) is 0 Å². The normalized spacial score (nSPS) is 13.6. The maximum absolute atomic E-state index is 6.08. The van der Waals surface area contributed by atoms with E-state index in [2.05, 4.69) is 28.9 Å². The van der Waals surface area contributed by atoms with Gasteiger partial charge < -0.3 is 5.73 Å². The Morgan fingerprint density at radius 1 is 1.44 bits per heavy atom. The van der Waals surface area contributed by atoms with Crippen LogP contribution in [0.25, 0.3) is 5.78 Å². The van der Waals surface area contributed by atoms with Gasteiger partial charge in [0.1, 0.15) is 6.33 Å². The fourth-order valence-electron chi connectivity index (χ4n) is 1.63. The molecule has 2 N–H and O–H groups in total. The summed E-state index contributed by atoms with van der Waals surface area (Å²) >= 11 is 0. The average Bonchev–Trinajstić information content (AvgIpc) is 2.65. The van der Waals surface area contributed by atoms with Crippen LogP contribution >= 0.6 is 0 Å². The molecule has 86 valence electrons. The predicted octanol–water partition coefficient (Wildman–Crippen LogP) is 0.959. The molecule has 0 saturated carbocycles. The van der Waals surface area contributed by atoms with Crippen molar-refractivity contribution in [3.8, 4) is 0 Å². The Morgan fingerprint density at radius 2 is 2.19 bits per heavy atom. The molecule has 0 spiro atoms. The Hall–Kier alpha value is -1.49. The molecule has 0 amide bonds. The smallest absolute Gasteiger partial charge is 0.252 e. The summed E-state index contributed by atoms with van der Waals surface area (Å²) in [5.41, 5.74) is 8.10. The largest absolute Gasteiger partial charge is 0.327 e. The van der Waals surface area contributed by atoms with Crippen LogP contribution in [0.5, 0.6) is 0 Å². The van der Waals surface area contributed by atoms with Gasteiger partial charge in [-0.3, -0.25) is 0 Å². The van der Waals surface area contributed by atoms with Gasteiger partial charge >= 0.3 is 0 Å². The minimum Gasteiger partial charge on any atom is -0.327 e. The zero-order valence-electron chi connectivity index (χ0n) is 9.88. The predicted molar refractivity (Wildman–Crippen MR) is 62.0 cm³/mol. The summed E-state index contributed by atoms with van der Waals surface area (Å²) in [6.45, 7) is 6.20. The van der Waals surface area contributed by atoms with Crippen molar-refractivity contribution < 1.29 is 0 Å². The van der Waals surface area contributed by atoms with E-state index in [1.54, 1.807) is 4.52 Å². The first-order valence-corrected chi connectivity index (χ1v) is 5.49. The van der Waals surface area contributed by atoms with Crippen molar-refractivity contribution in [2.45, 2.75) is 33.2 Å². The maximum Gasteiger partial charge on any atom is 0.252 e.